The van der Waals surface area contributed by atoms with Crippen molar-refractivity contribution in [2.24, 2.45) is 0 Å². The first-order chi connectivity index (χ1) is 26.5. The lowest BCUT2D eigenvalue weighted by molar-refractivity contribution is 0.660. The molecule has 0 saturated heterocycles. The van der Waals surface area contributed by atoms with Gasteiger partial charge in [-0.25, -0.2) is 0 Å². The second kappa shape index (κ2) is 11.7. The summed E-state index contributed by atoms with van der Waals surface area (Å²) < 4.78 is 6.13. The first-order valence-corrected chi connectivity index (χ1v) is 18.9. The number of nitrogens with zero attached hydrogens (tertiary/aromatic N) is 2. The number of hydrogen-bond donors (Lipinski definition) is 0. The Morgan fingerprint density at radius 2 is 1.20 bits per heavy atom. The van der Waals surface area contributed by atoms with Crippen molar-refractivity contribution in [2.45, 2.75) is 31.2 Å². The van der Waals surface area contributed by atoms with Gasteiger partial charge in [0.1, 0.15) is 11.2 Å². The molecule has 11 rings (SSSR count). The maximum atomic E-state index is 6.13. The van der Waals surface area contributed by atoms with Gasteiger partial charge in [0.2, 0.25) is 0 Å². The maximum absolute atomic E-state index is 6.13. The average molecular weight is 695 g/mol. The number of rotatable bonds is 5. The highest BCUT2D eigenvalue weighted by Gasteiger charge is 2.38. The second-order valence-electron chi connectivity index (χ2n) is 15.3. The van der Waals surface area contributed by atoms with Gasteiger partial charge in [-0.3, -0.25) is 0 Å². The van der Waals surface area contributed by atoms with E-state index in [9.17, 15) is 0 Å². The SMILES string of the molecule is CC1(C)c2ccccc2-c2ccc(N(c3ccc(-c4ccc5oc6ccccc6c5c4)cc3)c3ccc(N4c5ccccc5C5C=CC=CC54)cc3)cc21. The van der Waals surface area contributed by atoms with Crippen molar-refractivity contribution in [1.82, 2.24) is 0 Å². The molecule has 3 aliphatic rings. The van der Waals surface area contributed by atoms with Crippen molar-refractivity contribution in [2.75, 3.05) is 9.80 Å². The maximum Gasteiger partial charge on any atom is 0.135 e. The standard InChI is InChI=1S/C51H38N2O/c1-51(2)45-15-7-3-11-39(45)40-29-28-38(32-46(40)51)52(35-22-19-33(20-23-35)34-21-30-50-44(31-34)43-14-6-10-18-49(43)54-50)36-24-26-37(27-25-36)53-47-16-8-4-12-41(47)42-13-5-9-17-48(42)53/h3-32,41,47H,1-2H3. The lowest BCUT2D eigenvalue weighted by atomic mass is 9.82. The molecule has 2 unspecified atom stereocenters. The Bertz CT molecular complexity index is 2820. The van der Waals surface area contributed by atoms with E-state index in [0.717, 1.165) is 39.0 Å². The van der Waals surface area contributed by atoms with E-state index in [1.807, 2.05) is 12.1 Å². The van der Waals surface area contributed by atoms with Gasteiger partial charge in [-0.1, -0.05) is 123 Å². The Morgan fingerprint density at radius 3 is 2.07 bits per heavy atom. The van der Waals surface area contributed by atoms with Crippen molar-refractivity contribution in [3.05, 3.63) is 199 Å². The first-order valence-electron chi connectivity index (χ1n) is 18.9. The van der Waals surface area contributed by atoms with Gasteiger partial charge in [0.25, 0.3) is 0 Å². The van der Waals surface area contributed by atoms with Crippen LogP contribution in [-0.2, 0) is 5.41 Å². The highest BCUT2D eigenvalue weighted by atomic mass is 16.3. The Balaban J connectivity index is 1.01. The van der Waals surface area contributed by atoms with Crippen LogP contribution in [-0.4, -0.2) is 6.04 Å². The number of anilines is 5. The quantitative estimate of drug-likeness (QED) is 0.179. The van der Waals surface area contributed by atoms with Gasteiger partial charge in [0.15, 0.2) is 0 Å². The van der Waals surface area contributed by atoms with Crippen LogP contribution in [0, 0.1) is 0 Å². The Kier molecular flexibility index (Phi) is 6.72. The van der Waals surface area contributed by atoms with Crippen molar-refractivity contribution in [3.63, 3.8) is 0 Å². The third-order valence-corrected chi connectivity index (χ3v) is 12.0. The summed E-state index contributed by atoms with van der Waals surface area (Å²) in [5.74, 6) is 0.354. The number of hydrogen-bond acceptors (Lipinski definition) is 3. The molecule has 0 saturated carbocycles. The predicted octanol–water partition coefficient (Wildman–Crippen LogP) is 13.8. The second-order valence-corrected chi connectivity index (χ2v) is 15.3. The summed E-state index contributed by atoms with van der Waals surface area (Å²) in [6, 6.07) is 57.9. The Labute approximate surface area is 315 Å². The van der Waals surface area contributed by atoms with Crippen LogP contribution in [0.2, 0.25) is 0 Å². The number of para-hydroxylation sites is 2. The molecule has 0 fully saturated rings. The van der Waals surface area contributed by atoms with E-state index in [4.69, 9.17) is 4.42 Å². The molecule has 0 amide bonds. The Hall–Kier alpha value is -6.58. The van der Waals surface area contributed by atoms with Crippen molar-refractivity contribution in [1.29, 1.82) is 0 Å². The van der Waals surface area contributed by atoms with Crippen LogP contribution in [0.3, 0.4) is 0 Å². The average Bonchev–Trinajstić information content (AvgIpc) is 3.84. The molecular formula is C51H38N2O. The predicted molar refractivity (Wildman–Crippen MR) is 225 cm³/mol. The highest BCUT2D eigenvalue weighted by molar-refractivity contribution is 6.06. The summed E-state index contributed by atoms with van der Waals surface area (Å²) in [5.41, 5.74) is 16.7. The fourth-order valence-corrected chi connectivity index (χ4v) is 9.34. The van der Waals surface area contributed by atoms with Gasteiger partial charge in [0, 0.05) is 50.5 Å². The summed E-state index contributed by atoms with van der Waals surface area (Å²) in [6.07, 6.45) is 9.04. The summed E-state index contributed by atoms with van der Waals surface area (Å²) in [4.78, 5) is 4.90. The normalized spacial score (nSPS) is 17.4. The number of benzene rings is 7. The molecule has 1 aliphatic heterocycles. The van der Waals surface area contributed by atoms with E-state index in [0.29, 0.717) is 5.92 Å². The van der Waals surface area contributed by atoms with Crippen LogP contribution in [0.25, 0.3) is 44.2 Å². The van der Waals surface area contributed by atoms with E-state index in [2.05, 4.69) is 194 Å². The minimum absolute atomic E-state index is 0.0983. The van der Waals surface area contributed by atoms with Crippen LogP contribution in [0.4, 0.5) is 28.4 Å². The van der Waals surface area contributed by atoms with Crippen LogP contribution in [0.5, 0.6) is 0 Å². The van der Waals surface area contributed by atoms with Crippen LogP contribution >= 0.6 is 0 Å². The summed E-state index contributed by atoms with van der Waals surface area (Å²) >= 11 is 0. The number of fused-ring (bicyclic) bond motifs is 9. The Morgan fingerprint density at radius 1 is 0.537 bits per heavy atom. The highest BCUT2D eigenvalue weighted by Crippen LogP contribution is 2.51. The zero-order valence-corrected chi connectivity index (χ0v) is 30.3. The number of allylic oxidation sites excluding steroid dienone is 2. The first kappa shape index (κ1) is 31.0. The summed E-state index contributed by atoms with van der Waals surface area (Å²) in [5, 5.41) is 2.29. The fourth-order valence-electron chi connectivity index (χ4n) is 9.34. The molecule has 0 spiro atoms. The van der Waals surface area contributed by atoms with Gasteiger partial charge >= 0.3 is 0 Å². The fraction of sp³-hybridized carbons (Fsp3) is 0.0980. The zero-order valence-electron chi connectivity index (χ0n) is 30.3. The third kappa shape index (κ3) is 4.61. The minimum atomic E-state index is -0.0983. The van der Waals surface area contributed by atoms with Crippen LogP contribution < -0.4 is 9.80 Å². The molecule has 0 bridgehead atoms. The van der Waals surface area contributed by atoms with E-state index >= 15 is 0 Å². The van der Waals surface area contributed by atoms with E-state index in [1.165, 1.54) is 50.3 Å². The van der Waals surface area contributed by atoms with Gasteiger partial charge < -0.3 is 14.2 Å². The minimum Gasteiger partial charge on any atom is -0.456 e. The molecule has 7 aromatic carbocycles. The molecule has 258 valence electrons. The molecule has 54 heavy (non-hydrogen) atoms. The molecule has 1 aromatic heterocycles. The largest absolute Gasteiger partial charge is 0.456 e. The lowest BCUT2D eigenvalue weighted by Gasteiger charge is -2.30. The van der Waals surface area contributed by atoms with E-state index in [1.54, 1.807) is 0 Å². The van der Waals surface area contributed by atoms with Crippen molar-refractivity contribution >= 4 is 50.4 Å². The monoisotopic (exact) mass is 694 g/mol. The molecule has 2 heterocycles. The van der Waals surface area contributed by atoms with Crippen molar-refractivity contribution in [3.8, 4) is 22.3 Å². The molecule has 0 N–H and O–H groups in total. The molecule has 3 nitrogen and oxygen atoms in total. The van der Waals surface area contributed by atoms with Crippen molar-refractivity contribution < 1.29 is 4.42 Å². The molecule has 8 aromatic rings. The topological polar surface area (TPSA) is 19.6 Å². The van der Waals surface area contributed by atoms with Gasteiger partial charge in [-0.05, 0) is 112 Å². The number of furan rings is 1. The van der Waals surface area contributed by atoms with Crippen LogP contribution in [0.15, 0.2) is 186 Å². The van der Waals surface area contributed by atoms with Gasteiger partial charge in [-0.2, -0.15) is 0 Å². The molecule has 0 radical (unpaired) electrons. The van der Waals surface area contributed by atoms with E-state index < -0.39 is 0 Å². The smallest absolute Gasteiger partial charge is 0.135 e. The van der Waals surface area contributed by atoms with E-state index in [-0.39, 0.29) is 11.5 Å². The van der Waals surface area contributed by atoms with Crippen LogP contribution in [0.1, 0.15) is 36.5 Å². The molecule has 3 heteroatoms. The molecule has 2 atom stereocenters. The summed E-state index contributed by atoms with van der Waals surface area (Å²) in [6.45, 7) is 4.71. The van der Waals surface area contributed by atoms with Gasteiger partial charge in [-0.15, -0.1) is 0 Å². The zero-order chi connectivity index (χ0) is 36.0. The third-order valence-electron chi connectivity index (χ3n) is 12.0. The molecular weight excluding hydrogens is 657 g/mol. The van der Waals surface area contributed by atoms with Gasteiger partial charge in [0.05, 0.1) is 6.04 Å². The molecule has 2 aliphatic carbocycles. The lowest BCUT2D eigenvalue weighted by Crippen LogP contribution is -2.28. The summed E-state index contributed by atoms with van der Waals surface area (Å²) in [7, 11) is 0.